The Morgan fingerprint density at radius 1 is 1.26 bits per heavy atom. The Labute approximate surface area is 113 Å². The van der Waals surface area contributed by atoms with Gasteiger partial charge >= 0.3 is 6.18 Å². The van der Waals surface area contributed by atoms with E-state index in [1.54, 1.807) is 0 Å². The van der Waals surface area contributed by atoms with E-state index in [0.29, 0.717) is 13.0 Å². The lowest BCUT2D eigenvalue weighted by atomic mass is 10.1. The van der Waals surface area contributed by atoms with E-state index in [-0.39, 0.29) is 5.04 Å². The molecule has 0 saturated carbocycles. The molecule has 1 rings (SSSR count). The van der Waals surface area contributed by atoms with Gasteiger partial charge in [0.05, 0.1) is 12.1 Å². The van der Waals surface area contributed by atoms with E-state index in [1.807, 2.05) is 33.9 Å². The molecule has 1 saturated heterocycles. The third-order valence-corrected chi connectivity index (χ3v) is 8.64. The van der Waals surface area contributed by atoms with Crippen molar-refractivity contribution < 1.29 is 22.7 Å². The highest BCUT2D eigenvalue weighted by molar-refractivity contribution is 6.74. The predicted octanol–water partition coefficient (Wildman–Crippen LogP) is 2.66. The highest BCUT2D eigenvalue weighted by atomic mass is 28.4. The number of alkyl halides is 3. The van der Waals surface area contributed by atoms with Gasteiger partial charge in [-0.3, -0.25) is 0 Å². The van der Waals surface area contributed by atoms with Crippen LogP contribution in [0.5, 0.6) is 0 Å². The zero-order valence-electron chi connectivity index (χ0n) is 12.1. The minimum absolute atomic E-state index is 0.0661. The van der Waals surface area contributed by atoms with Gasteiger partial charge in [-0.05, 0) is 31.1 Å². The quantitative estimate of drug-likeness (QED) is 0.787. The largest absolute Gasteiger partial charge is 0.415 e. The fraction of sp³-hybridized carbons (Fsp3) is 1.00. The summed E-state index contributed by atoms with van der Waals surface area (Å²) in [5, 5.41) is 12.1. The molecule has 0 aromatic heterocycles. The smallest absolute Gasteiger partial charge is 0.412 e. The van der Waals surface area contributed by atoms with E-state index >= 15 is 0 Å². The number of nitrogens with one attached hydrogen (secondary N) is 1. The molecule has 1 aliphatic heterocycles. The van der Waals surface area contributed by atoms with Crippen molar-refractivity contribution in [3.05, 3.63) is 0 Å². The molecule has 0 amide bonds. The maximum Gasteiger partial charge on any atom is 0.415 e. The Bertz CT molecular complexity index is 315. The first-order chi connectivity index (χ1) is 8.36. The van der Waals surface area contributed by atoms with Gasteiger partial charge in [-0.25, -0.2) is 0 Å². The average Bonchev–Trinajstić information content (AvgIpc) is 2.60. The van der Waals surface area contributed by atoms with Crippen molar-refractivity contribution in [1.82, 2.24) is 5.32 Å². The van der Waals surface area contributed by atoms with E-state index < -0.39 is 32.7 Å². The van der Waals surface area contributed by atoms with Crippen LogP contribution in [0.25, 0.3) is 0 Å². The molecular formula is C12H24F3NO2Si. The van der Waals surface area contributed by atoms with E-state index in [1.165, 1.54) is 0 Å². The van der Waals surface area contributed by atoms with Crippen LogP contribution in [0, 0.1) is 0 Å². The van der Waals surface area contributed by atoms with Gasteiger partial charge in [0.25, 0.3) is 0 Å². The molecule has 7 heteroatoms. The molecule has 0 unspecified atom stereocenters. The Balaban J connectivity index is 2.78. The molecule has 0 aromatic carbocycles. The second-order valence-corrected chi connectivity index (χ2v) is 11.4. The van der Waals surface area contributed by atoms with Crippen molar-refractivity contribution >= 4 is 8.32 Å². The molecule has 3 nitrogen and oxygen atoms in total. The maximum absolute atomic E-state index is 12.6. The molecule has 0 bridgehead atoms. The monoisotopic (exact) mass is 299 g/mol. The van der Waals surface area contributed by atoms with Crippen LogP contribution in [0.4, 0.5) is 13.2 Å². The Morgan fingerprint density at radius 3 is 2.21 bits per heavy atom. The third kappa shape index (κ3) is 3.93. The number of aliphatic hydroxyl groups excluding tert-OH is 1. The minimum atomic E-state index is -4.61. The van der Waals surface area contributed by atoms with Crippen LogP contribution >= 0.6 is 0 Å². The minimum Gasteiger partial charge on any atom is -0.412 e. The molecule has 1 fully saturated rings. The van der Waals surface area contributed by atoms with Gasteiger partial charge in [0.1, 0.15) is 0 Å². The normalized spacial score (nSPS) is 27.6. The van der Waals surface area contributed by atoms with Crippen LogP contribution in [0.2, 0.25) is 18.1 Å². The molecule has 0 aromatic rings. The molecule has 1 aliphatic rings. The molecule has 0 spiro atoms. The maximum atomic E-state index is 12.6. The lowest BCUT2D eigenvalue weighted by Gasteiger charge is -2.40. The zero-order chi connectivity index (χ0) is 15.1. The van der Waals surface area contributed by atoms with E-state index in [4.69, 9.17) is 4.43 Å². The third-order valence-electron chi connectivity index (χ3n) is 4.14. The zero-order valence-corrected chi connectivity index (χ0v) is 13.1. The molecule has 114 valence electrons. The Morgan fingerprint density at radius 2 is 1.79 bits per heavy atom. The van der Waals surface area contributed by atoms with Crippen molar-refractivity contribution in [3.63, 3.8) is 0 Å². The highest BCUT2D eigenvalue weighted by Gasteiger charge is 2.50. The van der Waals surface area contributed by atoms with Gasteiger partial charge in [0.2, 0.25) is 0 Å². The predicted molar refractivity (Wildman–Crippen MR) is 70.5 cm³/mol. The van der Waals surface area contributed by atoms with Crippen LogP contribution in [0.15, 0.2) is 0 Å². The van der Waals surface area contributed by atoms with Gasteiger partial charge in [-0.1, -0.05) is 20.8 Å². The van der Waals surface area contributed by atoms with Gasteiger partial charge in [-0.15, -0.1) is 0 Å². The molecule has 2 N–H and O–H groups in total. The fourth-order valence-electron chi connectivity index (χ4n) is 1.91. The lowest BCUT2D eigenvalue weighted by molar-refractivity contribution is -0.216. The van der Waals surface area contributed by atoms with Crippen molar-refractivity contribution in [1.29, 1.82) is 0 Å². The summed E-state index contributed by atoms with van der Waals surface area (Å²) in [6.45, 7) is 10.6. The topological polar surface area (TPSA) is 41.5 Å². The van der Waals surface area contributed by atoms with Crippen molar-refractivity contribution in [2.45, 2.75) is 69.8 Å². The SMILES string of the molecule is CC(C)(C)[Si](C)(C)O[C@H]1CCN[C@@H]1[C@H](O)C(F)(F)F. The van der Waals surface area contributed by atoms with Crippen LogP contribution in [-0.2, 0) is 4.43 Å². The number of hydrogen-bond acceptors (Lipinski definition) is 3. The molecule has 0 radical (unpaired) electrons. The Kier molecular flexibility index (Phi) is 4.77. The fourth-order valence-corrected chi connectivity index (χ4v) is 3.28. The molecular weight excluding hydrogens is 275 g/mol. The first-order valence-electron chi connectivity index (χ1n) is 6.52. The van der Waals surface area contributed by atoms with Crippen molar-refractivity contribution in [3.8, 4) is 0 Å². The highest BCUT2D eigenvalue weighted by Crippen LogP contribution is 2.39. The second-order valence-electron chi connectivity index (χ2n) is 6.67. The summed E-state index contributed by atoms with van der Waals surface area (Å²) in [6.07, 6.45) is -7.05. The molecule has 19 heavy (non-hydrogen) atoms. The van der Waals surface area contributed by atoms with Gasteiger partial charge in [0.15, 0.2) is 14.4 Å². The summed E-state index contributed by atoms with van der Waals surface area (Å²) in [4.78, 5) is 0. The van der Waals surface area contributed by atoms with Gasteiger partial charge in [0, 0.05) is 0 Å². The van der Waals surface area contributed by atoms with Crippen LogP contribution < -0.4 is 5.32 Å². The summed E-state index contributed by atoms with van der Waals surface area (Å²) in [5.74, 6) is 0. The number of rotatable bonds is 3. The van der Waals surface area contributed by atoms with Gasteiger partial charge in [-0.2, -0.15) is 13.2 Å². The van der Waals surface area contributed by atoms with Crippen molar-refractivity contribution in [2.75, 3.05) is 6.54 Å². The van der Waals surface area contributed by atoms with Gasteiger partial charge < -0.3 is 14.8 Å². The summed E-state index contributed by atoms with van der Waals surface area (Å²) < 4.78 is 43.8. The summed E-state index contributed by atoms with van der Waals surface area (Å²) in [6, 6.07) is -1.06. The summed E-state index contributed by atoms with van der Waals surface area (Å²) in [5.41, 5.74) is 0. The van der Waals surface area contributed by atoms with Crippen LogP contribution in [0.1, 0.15) is 27.2 Å². The first kappa shape index (κ1) is 16.9. The number of hydrogen-bond donors (Lipinski definition) is 2. The van der Waals surface area contributed by atoms with E-state index in [0.717, 1.165) is 0 Å². The molecule has 0 aliphatic carbocycles. The average molecular weight is 299 g/mol. The number of aliphatic hydroxyl groups is 1. The lowest BCUT2D eigenvalue weighted by Crippen LogP contribution is -2.54. The first-order valence-corrected chi connectivity index (χ1v) is 9.43. The van der Waals surface area contributed by atoms with E-state index in [2.05, 4.69) is 5.32 Å². The number of halogens is 3. The van der Waals surface area contributed by atoms with E-state index in [9.17, 15) is 18.3 Å². The van der Waals surface area contributed by atoms with Crippen molar-refractivity contribution in [2.24, 2.45) is 0 Å². The second kappa shape index (κ2) is 5.35. The van der Waals surface area contributed by atoms with Crippen LogP contribution in [-0.4, -0.2) is 44.4 Å². The van der Waals surface area contributed by atoms with Crippen LogP contribution in [0.3, 0.4) is 0 Å². The standard InChI is InChI=1S/C12H24F3NO2Si/c1-11(2,3)19(4,5)18-8-6-7-16-9(8)10(17)12(13,14)15/h8-10,16-17H,6-7H2,1-5H3/t8-,9-,10-/m0/s1. The molecule has 1 heterocycles. The summed E-state index contributed by atoms with van der Waals surface area (Å²) >= 11 is 0. The Hall–Kier alpha value is -0.113. The molecule has 3 atom stereocenters. The summed E-state index contributed by atoms with van der Waals surface area (Å²) in [7, 11) is -2.14.